The van der Waals surface area contributed by atoms with Crippen LogP contribution < -0.4 is 14.8 Å². The molecule has 0 spiro atoms. The van der Waals surface area contributed by atoms with Crippen molar-refractivity contribution < 1.29 is 19.1 Å². The van der Waals surface area contributed by atoms with Crippen molar-refractivity contribution in [3.63, 3.8) is 0 Å². The van der Waals surface area contributed by atoms with E-state index in [-0.39, 0.29) is 29.2 Å². The molecule has 152 valence electrons. The zero-order valence-corrected chi connectivity index (χ0v) is 17.7. The first-order valence-electron chi connectivity index (χ1n) is 8.92. The Kier molecular flexibility index (Phi) is 6.35. The lowest BCUT2D eigenvalue weighted by Crippen LogP contribution is -2.27. The third-order valence-corrected chi connectivity index (χ3v) is 4.76. The minimum Gasteiger partial charge on any atom is -0.490 e. The summed E-state index contributed by atoms with van der Waals surface area (Å²) in [5.74, 6) is 0.253. The minimum absolute atomic E-state index is 0.163. The van der Waals surface area contributed by atoms with E-state index in [0.717, 1.165) is 5.56 Å². The molecule has 0 atom stereocenters. The third kappa shape index (κ3) is 4.66. The number of fused-ring (bicyclic) bond motifs is 1. The highest BCUT2D eigenvalue weighted by Crippen LogP contribution is 2.39. The number of halogens is 2. The van der Waals surface area contributed by atoms with Gasteiger partial charge in [0.05, 0.1) is 17.3 Å². The molecule has 2 aromatic carbocycles. The van der Waals surface area contributed by atoms with Crippen LogP contribution in [-0.2, 0) is 9.59 Å². The molecule has 1 aliphatic rings. The molecule has 1 aliphatic heterocycles. The highest BCUT2D eigenvalue weighted by Gasteiger charge is 2.24. The number of amides is 2. The topological polar surface area (TPSA) is 67.9 Å². The maximum atomic E-state index is 12.4. The van der Waals surface area contributed by atoms with E-state index < -0.39 is 0 Å². The van der Waals surface area contributed by atoms with Crippen molar-refractivity contribution in [2.45, 2.75) is 6.92 Å². The van der Waals surface area contributed by atoms with Crippen molar-refractivity contribution in [1.82, 2.24) is 4.90 Å². The number of hydrogen-bond donors (Lipinski definition) is 1. The fraction of sp³-hybridized carbons (Fsp3) is 0.238. The maximum Gasteiger partial charge on any atom is 0.259 e. The molecule has 0 aliphatic carbocycles. The number of ether oxygens (including phenoxy) is 2. The van der Waals surface area contributed by atoms with E-state index >= 15 is 0 Å². The van der Waals surface area contributed by atoms with Gasteiger partial charge in [0.1, 0.15) is 0 Å². The summed E-state index contributed by atoms with van der Waals surface area (Å²) in [6.07, 6.45) is 1.72. The first kappa shape index (κ1) is 21.0. The van der Waals surface area contributed by atoms with Gasteiger partial charge < -0.3 is 19.7 Å². The zero-order valence-electron chi connectivity index (χ0n) is 16.2. The van der Waals surface area contributed by atoms with E-state index in [9.17, 15) is 9.59 Å². The lowest BCUT2D eigenvalue weighted by atomic mass is 10.0. The van der Waals surface area contributed by atoms with Crippen LogP contribution in [0.25, 0.3) is 11.6 Å². The SMILES string of the molecule is CCOc1cc(/C=C2/C(=O)Nc3cc(Cl)ccc32)cc(Cl)c1OCC(=O)N(C)C. The molecule has 0 radical (unpaired) electrons. The van der Waals surface area contributed by atoms with E-state index in [1.54, 1.807) is 50.5 Å². The molecule has 0 unspecified atom stereocenters. The van der Waals surface area contributed by atoms with Gasteiger partial charge in [-0.3, -0.25) is 9.59 Å². The van der Waals surface area contributed by atoms with Crippen molar-refractivity contribution >= 4 is 52.4 Å². The molecule has 2 amide bonds. The minimum atomic E-state index is -0.228. The number of rotatable bonds is 6. The number of nitrogens with one attached hydrogen (secondary N) is 1. The normalized spacial score (nSPS) is 13.8. The summed E-state index contributed by atoms with van der Waals surface area (Å²) in [4.78, 5) is 25.6. The smallest absolute Gasteiger partial charge is 0.259 e. The monoisotopic (exact) mass is 434 g/mol. The first-order chi connectivity index (χ1) is 13.8. The van der Waals surface area contributed by atoms with Crippen molar-refractivity contribution in [2.75, 3.05) is 32.6 Å². The van der Waals surface area contributed by atoms with E-state index in [4.69, 9.17) is 32.7 Å². The van der Waals surface area contributed by atoms with Crippen molar-refractivity contribution in [2.24, 2.45) is 0 Å². The van der Waals surface area contributed by atoms with Crippen LogP contribution in [0.15, 0.2) is 30.3 Å². The number of anilines is 1. The highest BCUT2D eigenvalue weighted by atomic mass is 35.5. The van der Waals surface area contributed by atoms with Gasteiger partial charge >= 0.3 is 0 Å². The molecule has 29 heavy (non-hydrogen) atoms. The second-order valence-corrected chi connectivity index (χ2v) is 7.39. The van der Waals surface area contributed by atoms with Crippen LogP contribution in [-0.4, -0.2) is 44.0 Å². The molecule has 0 fully saturated rings. The zero-order chi connectivity index (χ0) is 21.1. The maximum absolute atomic E-state index is 12.4. The molecule has 1 N–H and O–H groups in total. The Morgan fingerprint density at radius 1 is 1.17 bits per heavy atom. The molecule has 0 bridgehead atoms. The number of likely N-dealkylation sites (N-methyl/N-ethyl adjacent to an activating group) is 1. The standard InChI is InChI=1S/C21H20Cl2N2O4/c1-4-28-18-9-12(8-16(23)20(18)29-11-19(26)25(2)3)7-15-14-6-5-13(22)10-17(14)24-21(15)27/h5-10H,4,11H2,1-3H3,(H,24,27)/b15-7+. The molecule has 8 heteroatoms. The number of nitrogens with zero attached hydrogens (tertiary/aromatic N) is 1. The van der Waals surface area contributed by atoms with E-state index in [1.165, 1.54) is 4.90 Å². The Morgan fingerprint density at radius 2 is 1.93 bits per heavy atom. The third-order valence-electron chi connectivity index (χ3n) is 4.25. The van der Waals surface area contributed by atoms with Crippen LogP contribution in [0.1, 0.15) is 18.1 Å². The summed E-state index contributed by atoms with van der Waals surface area (Å²) >= 11 is 12.4. The number of carbonyl (C=O) groups is 2. The van der Waals surface area contributed by atoms with Gasteiger partial charge in [-0.05, 0) is 42.8 Å². The molecule has 0 saturated heterocycles. The van der Waals surface area contributed by atoms with Crippen molar-refractivity contribution in [3.8, 4) is 11.5 Å². The average molecular weight is 435 g/mol. The molecular formula is C21H20Cl2N2O4. The van der Waals surface area contributed by atoms with E-state index in [1.807, 2.05) is 6.92 Å². The van der Waals surface area contributed by atoms with Gasteiger partial charge in [0, 0.05) is 30.3 Å². The average Bonchev–Trinajstić information content (AvgIpc) is 2.95. The summed E-state index contributed by atoms with van der Waals surface area (Å²) in [5.41, 5.74) is 2.57. The Labute approximate surface area is 179 Å². The van der Waals surface area contributed by atoms with Crippen LogP contribution in [0.5, 0.6) is 11.5 Å². The molecule has 0 saturated carbocycles. The van der Waals surface area contributed by atoms with Gasteiger partial charge in [-0.25, -0.2) is 0 Å². The molecular weight excluding hydrogens is 415 g/mol. The highest BCUT2D eigenvalue weighted by molar-refractivity contribution is 6.37. The van der Waals surface area contributed by atoms with Crippen molar-refractivity contribution in [1.29, 1.82) is 0 Å². The Morgan fingerprint density at radius 3 is 2.62 bits per heavy atom. The van der Waals surface area contributed by atoms with Gasteiger partial charge in [0.25, 0.3) is 11.8 Å². The lowest BCUT2D eigenvalue weighted by molar-refractivity contribution is -0.130. The summed E-state index contributed by atoms with van der Waals surface area (Å²) in [6, 6.07) is 8.60. The fourth-order valence-corrected chi connectivity index (χ4v) is 3.26. The summed E-state index contributed by atoms with van der Waals surface area (Å²) in [7, 11) is 3.29. The van der Waals surface area contributed by atoms with Gasteiger partial charge in [-0.1, -0.05) is 29.3 Å². The van der Waals surface area contributed by atoms with Crippen LogP contribution >= 0.6 is 23.2 Å². The van der Waals surface area contributed by atoms with Gasteiger partial charge in [0.15, 0.2) is 18.1 Å². The second kappa shape index (κ2) is 8.76. The van der Waals surface area contributed by atoms with Gasteiger partial charge in [-0.2, -0.15) is 0 Å². The molecule has 6 nitrogen and oxygen atoms in total. The van der Waals surface area contributed by atoms with Crippen LogP contribution in [0.3, 0.4) is 0 Å². The van der Waals surface area contributed by atoms with E-state index in [2.05, 4.69) is 5.32 Å². The van der Waals surface area contributed by atoms with E-state index in [0.29, 0.717) is 34.2 Å². The largest absolute Gasteiger partial charge is 0.490 e. The fourth-order valence-electron chi connectivity index (χ4n) is 2.81. The van der Waals surface area contributed by atoms with Crippen LogP contribution in [0, 0.1) is 0 Å². The second-order valence-electron chi connectivity index (χ2n) is 6.54. The number of benzene rings is 2. The Hall–Kier alpha value is -2.70. The summed E-state index contributed by atoms with van der Waals surface area (Å²) in [6.45, 7) is 2.05. The summed E-state index contributed by atoms with van der Waals surface area (Å²) in [5, 5.41) is 3.62. The van der Waals surface area contributed by atoms with Gasteiger partial charge in [-0.15, -0.1) is 0 Å². The number of carbonyl (C=O) groups excluding carboxylic acids is 2. The Bertz CT molecular complexity index is 1000. The number of hydrogen-bond acceptors (Lipinski definition) is 4. The van der Waals surface area contributed by atoms with Gasteiger partial charge in [0.2, 0.25) is 0 Å². The van der Waals surface area contributed by atoms with Crippen molar-refractivity contribution in [3.05, 3.63) is 51.5 Å². The molecule has 3 rings (SSSR count). The van der Waals surface area contributed by atoms with Crippen LogP contribution in [0.2, 0.25) is 10.0 Å². The molecule has 1 heterocycles. The first-order valence-corrected chi connectivity index (χ1v) is 9.68. The predicted molar refractivity (Wildman–Crippen MR) is 115 cm³/mol. The quantitative estimate of drug-likeness (QED) is 0.686. The molecule has 2 aromatic rings. The Balaban J connectivity index is 1.96. The summed E-state index contributed by atoms with van der Waals surface area (Å²) < 4.78 is 11.2. The van der Waals surface area contributed by atoms with Crippen LogP contribution in [0.4, 0.5) is 5.69 Å². The predicted octanol–water partition coefficient (Wildman–Crippen LogP) is 4.35. The lowest BCUT2D eigenvalue weighted by Gasteiger charge is -2.16. The molecule has 0 aromatic heterocycles.